The van der Waals surface area contributed by atoms with Crippen molar-refractivity contribution in [2.24, 2.45) is 5.92 Å². The van der Waals surface area contributed by atoms with Crippen molar-refractivity contribution in [2.75, 3.05) is 20.3 Å². The number of carbonyl (C=O) groups is 2. The van der Waals surface area contributed by atoms with Crippen LogP contribution in [0.5, 0.6) is 0 Å². The summed E-state index contributed by atoms with van der Waals surface area (Å²) in [7, 11) is 1.60. The fourth-order valence-corrected chi connectivity index (χ4v) is 4.69. The molecule has 7 nitrogen and oxygen atoms in total. The second-order valence-electron chi connectivity index (χ2n) is 8.82. The van der Waals surface area contributed by atoms with Crippen molar-refractivity contribution in [2.45, 2.75) is 57.7 Å². The first-order valence-electron chi connectivity index (χ1n) is 10.8. The number of carbonyl (C=O) groups excluding carboxylic acids is 2. The molecule has 0 radical (unpaired) electrons. The van der Waals surface area contributed by atoms with E-state index in [4.69, 9.17) is 9.15 Å². The van der Waals surface area contributed by atoms with E-state index in [9.17, 15) is 9.59 Å². The fraction of sp³-hybridized carbons (Fsp3) is 0.565. The molecule has 0 unspecified atom stereocenters. The average molecular weight is 414 g/mol. The van der Waals surface area contributed by atoms with Crippen LogP contribution in [-0.4, -0.2) is 53.1 Å². The van der Waals surface area contributed by atoms with Gasteiger partial charge in [-0.2, -0.15) is 0 Å². The highest BCUT2D eigenvalue weighted by Gasteiger charge is 2.48. The molecule has 2 aliphatic rings. The SMILES string of the molecule is COCCN1C(=O)c2ccc(-c3ccco3)n2C[C@]1(C)C(=O)NC1CCC(C)CC1. The van der Waals surface area contributed by atoms with E-state index in [0.29, 0.717) is 37.1 Å². The lowest BCUT2D eigenvalue weighted by Crippen LogP contribution is -2.65. The van der Waals surface area contributed by atoms with Crippen LogP contribution in [0.4, 0.5) is 0 Å². The summed E-state index contributed by atoms with van der Waals surface area (Å²) in [4.78, 5) is 28.6. The second kappa shape index (κ2) is 8.30. The molecular formula is C23H31N3O4. The Bertz CT molecular complexity index is 896. The highest BCUT2D eigenvalue weighted by atomic mass is 16.5. The van der Waals surface area contributed by atoms with E-state index < -0.39 is 5.54 Å². The number of hydrogen-bond acceptors (Lipinski definition) is 4. The Morgan fingerprint density at radius 3 is 2.63 bits per heavy atom. The van der Waals surface area contributed by atoms with Gasteiger partial charge < -0.3 is 23.9 Å². The van der Waals surface area contributed by atoms with Crippen LogP contribution >= 0.6 is 0 Å². The Labute approximate surface area is 177 Å². The fourth-order valence-electron chi connectivity index (χ4n) is 4.69. The van der Waals surface area contributed by atoms with Crippen molar-refractivity contribution in [3.05, 3.63) is 36.2 Å². The maximum Gasteiger partial charge on any atom is 0.271 e. The van der Waals surface area contributed by atoms with E-state index in [-0.39, 0.29) is 17.9 Å². The summed E-state index contributed by atoms with van der Waals surface area (Å²) in [5.41, 5.74) is 0.362. The Hall–Kier alpha value is -2.54. The minimum absolute atomic E-state index is 0.101. The number of nitrogens with zero attached hydrogens (tertiary/aromatic N) is 2. The molecule has 1 atom stereocenters. The van der Waals surface area contributed by atoms with Crippen LogP contribution in [0.1, 0.15) is 50.0 Å². The average Bonchev–Trinajstić information content (AvgIpc) is 3.39. The number of rotatable bonds is 6. The molecule has 4 rings (SSSR count). The third kappa shape index (κ3) is 3.67. The zero-order valence-corrected chi connectivity index (χ0v) is 18.0. The number of fused-ring (bicyclic) bond motifs is 1. The summed E-state index contributed by atoms with van der Waals surface area (Å²) < 4.78 is 12.7. The zero-order valence-electron chi connectivity index (χ0n) is 18.0. The quantitative estimate of drug-likeness (QED) is 0.788. The van der Waals surface area contributed by atoms with E-state index in [1.165, 1.54) is 0 Å². The molecule has 2 aromatic rings. The largest absolute Gasteiger partial charge is 0.463 e. The number of hydrogen-bond donors (Lipinski definition) is 1. The van der Waals surface area contributed by atoms with Crippen molar-refractivity contribution in [1.82, 2.24) is 14.8 Å². The Morgan fingerprint density at radius 2 is 1.97 bits per heavy atom. The molecule has 0 spiro atoms. The van der Waals surface area contributed by atoms with Gasteiger partial charge in [-0.05, 0) is 62.8 Å². The van der Waals surface area contributed by atoms with Gasteiger partial charge in [-0.25, -0.2) is 0 Å². The Morgan fingerprint density at radius 1 is 1.23 bits per heavy atom. The molecule has 3 heterocycles. The van der Waals surface area contributed by atoms with Gasteiger partial charge in [0.1, 0.15) is 17.0 Å². The van der Waals surface area contributed by atoms with Crippen molar-refractivity contribution < 1.29 is 18.7 Å². The maximum atomic E-state index is 13.5. The molecule has 0 aromatic carbocycles. The number of methoxy groups -OCH3 is 1. The van der Waals surface area contributed by atoms with Crippen molar-refractivity contribution in [1.29, 1.82) is 0 Å². The standard InChI is InChI=1S/C23H31N3O4/c1-16-6-8-17(9-7-16)24-22(28)23(2)15-25-18(20-5-4-13-30-20)10-11-19(25)21(27)26(23)12-14-29-3/h4-5,10-11,13,16-17H,6-9,12,14-15H2,1-3H3,(H,24,28)/t16?,17?,23-/m1/s1. The molecule has 30 heavy (non-hydrogen) atoms. The molecule has 7 heteroatoms. The van der Waals surface area contributed by atoms with Gasteiger partial charge in [0.2, 0.25) is 5.91 Å². The lowest BCUT2D eigenvalue weighted by Gasteiger charge is -2.45. The lowest BCUT2D eigenvalue weighted by atomic mass is 9.86. The smallest absolute Gasteiger partial charge is 0.271 e. The predicted octanol–water partition coefficient (Wildman–Crippen LogP) is 3.30. The van der Waals surface area contributed by atoms with Gasteiger partial charge in [-0.1, -0.05) is 6.92 Å². The van der Waals surface area contributed by atoms with E-state index in [2.05, 4.69) is 12.2 Å². The first-order chi connectivity index (χ1) is 14.4. The van der Waals surface area contributed by atoms with Gasteiger partial charge in [0.05, 0.1) is 25.1 Å². The van der Waals surface area contributed by atoms with Gasteiger partial charge >= 0.3 is 0 Å². The van der Waals surface area contributed by atoms with Gasteiger partial charge in [0, 0.05) is 19.7 Å². The normalized spacial score (nSPS) is 26.5. The zero-order chi connectivity index (χ0) is 21.3. The Balaban J connectivity index is 1.65. The number of furan rings is 1. The minimum atomic E-state index is -1.01. The molecule has 1 saturated carbocycles. The van der Waals surface area contributed by atoms with Crippen molar-refractivity contribution in [3.63, 3.8) is 0 Å². The molecule has 1 fully saturated rings. The molecule has 1 N–H and O–H groups in total. The summed E-state index contributed by atoms with van der Waals surface area (Å²) >= 11 is 0. The topological polar surface area (TPSA) is 76.7 Å². The molecule has 0 saturated heterocycles. The summed E-state index contributed by atoms with van der Waals surface area (Å²) in [5, 5.41) is 3.24. The molecular weight excluding hydrogens is 382 g/mol. The first kappa shape index (κ1) is 20.7. The molecule has 0 bridgehead atoms. The van der Waals surface area contributed by atoms with Gasteiger partial charge in [-0.15, -0.1) is 0 Å². The highest BCUT2D eigenvalue weighted by Crippen LogP contribution is 2.33. The van der Waals surface area contributed by atoms with Gasteiger partial charge in [0.15, 0.2) is 0 Å². The van der Waals surface area contributed by atoms with Crippen LogP contribution in [0.15, 0.2) is 34.9 Å². The molecule has 1 aliphatic heterocycles. The van der Waals surface area contributed by atoms with E-state index in [0.717, 1.165) is 31.4 Å². The van der Waals surface area contributed by atoms with Crippen LogP contribution in [-0.2, 0) is 16.1 Å². The Kier molecular flexibility index (Phi) is 5.73. The molecule has 2 amide bonds. The second-order valence-corrected chi connectivity index (χ2v) is 8.82. The number of nitrogens with one attached hydrogen (secondary N) is 1. The van der Waals surface area contributed by atoms with Crippen LogP contribution in [0.25, 0.3) is 11.5 Å². The van der Waals surface area contributed by atoms with Crippen LogP contribution in [0, 0.1) is 5.92 Å². The van der Waals surface area contributed by atoms with E-state index in [1.807, 2.05) is 29.7 Å². The highest BCUT2D eigenvalue weighted by molar-refractivity contribution is 6.00. The van der Waals surface area contributed by atoms with Crippen molar-refractivity contribution in [3.8, 4) is 11.5 Å². The number of ether oxygens (including phenoxy) is 1. The molecule has 2 aromatic heterocycles. The maximum absolute atomic E-state index is 13.5. The summed E-state index contributed by atoms with van der Waals surface area (Å²) in [6.45, 7) is 5.23. The van der Waals surface area contributed by atoms with E-state index >= 15 is 0 Å². The number of aromatic nitrogens is 1. The summed E-state index contributed by atoms with van der Waals surface area (Å²) in [6, 6.07) is 7.54. The van der Waals surface area contributed by atoms with Crippen LogP contribution < -0.4 is 5.32 Å². The first-order valence-corrected chi connectivity index (χ1v) is 10.8. The predicted molar refractivity (Wildman–Crippen MR) is 113 cm³/mol. The van der Waals surface area contributed by atoms with E-state index in [1.54, 1.807) is 24.3 Å². The number of amides is 2. The summed E-state index contributed by atoms with van der Waals surface area (Å²) in [5.74, 6) is 1.13. The molecule has 162 valence electrons. The van der Waals surface area contributed by atoms with Crippen molar-refractivity contribution >= 4 is 11.8 Å². The minimum Gasteiger partial charge on any atom is -0.463 e. The third-order valence-corrected chi connectivity index (χ3v) is 6.64. The van der Waals surface area contributed by atoms with Gasteiger partial charge in [0.25, 0.3) is 5.91 Å². The summed E-state index contributed by atoms with van der Waals surface area (Å²) in [6.07, 6.45) is 5.83. The lowest BCUT2D eigenvalue weighted by molar-refractivity contribution is -0.134. The van der Waals surface area contributed by atoms with Gasteiger partial charge in [-0.3, -0.25) is 9.59 Å². The van der Waals surface area contributed by atoms with Crippen LogP contribution in [0.2, 0.25) is 0 Å². The third-order valence-electron chi connectivity index (χ3n) is 6.64. The van der Waals surface area contributed by atoms with Crippen LogP contribution in [0.3, 0.4) is 0 Å². The monoisotopic (exact) mass is 413 g/mol. The molecule has 1 aliphatic carbocycles.